The minimum absolute atomic E-state index is 0.378. The number of hydrogen-bond acceptors (Lipinski definition) is 0. The fraction of sp³-hybridized carbons (Fsp3) is 0.857. The van der Waals surface area contributed by atoms with Gasteiger partial charge in [-0.1, -0.05) is 53.2 Å². The van der Waals surface area contributed by atoms with Gasteiger partial charge in [0.05, 0.1) is 0 Å². The van der Waals surface area contributed by atoms with Crippen molar-refractivity contribution in [3.05, 3.63) is 12.2 Å². The molecule has 0 aromatic carbocycles. The van der Waals surface area contributed by atoms with Gasteiger partial charge in [-0.25, -0.2) is 0 Å². The Morgan fingerprint density at radius 1 is 1.29 bits per heavy atom. The molecular weight excluding hydrogens is 168 g/mol. The number of hydrogen-bond donors (Lipinski definition) is 0. The minimum atomic E-state index is 0.378. The second-order valence-electron chi connectivity index (χ2n) is 5.60. The molecule has 82 valence electrons. The molecule has 0 heterocycles. The van der Waals surface area contributed by atoms with E-state index in [2.05, 4.69) is 41.2 Å². The zero-order valence-electron chi connectivity index (χ0n) is 10.6. The summed E-state index contributed by atoms with van der Waals surface area (Å²) in [7, 11) is 0. The Morgan fingerprint density at radius 2 is 1.86 bits per heavy atom. The summed E-state index contributed by atoms with van der Waals surface area (Å²) in [5.41, 5.74) is 2.40. The maximum Gasteiger partial charge on any atom is -0.00909 e. The fourth-order valence-electron chi connectivity index (χ4n) is 3.05. The Bertz CT molecular complexity index is 228. The van der Waals surface area contributed by atoms with Crippen LogP contribution >= 0.6 is 0 Å². The summed E-state index contributed by atoms with van der Waals surface area (Å²) in [5.74, 6) is 0.770. The third-order valence-electron chi connectivity index (χ3n) is 5.35. The summed E-state index contributed by atoms with van der Waals surface area (Å²) in [6.45, 7) is 16.2. The van der Waals surface area contributed by atoms with E-state index in [-0.39, 0.29) is 0 Å². The van der Waals surface area contributed by atoms with Crippen LogP contribution in [-0.2, 0) is 0 Å². The lowest BCUT2D eigenvalue weighted by Gasteiger charge is -2.52. The van der Waals surface area contributed by atoms with Gasteiger partial charge in [-0.2, -0.15) is 0 Å². The SMILES string of the molecule is C=C1CCC(C)(CC)C(C)C1(C)CC. The highest BCUT2D eigenvalue weighted by Gasteiger charge is 2.45. The van der Waals surface area contributed by atoms with Crippen LogP contribution in [0.1, 0.15) is 60.3 Å². The maximum absolute atomic E-state index is 4.29. The summed E-state index contributed by atoms with van der Waals surface area (Å²) in [6, 6.07) is 0. The van der Waals surface area contributed by atoms with Crippen LogP contribution in [-0.4, -0.2) is 0 Å². The molecular formula is C14H26. The van der Waals surface area contributed by atoms with Crippen molar-refractivity contribution in [2.75, 3.05) is 0 Å². The fourth-order valence-corrected chi connectivity index (χ4v) is 3.05. The maximum atomic E-state index is 4.29. The van der Waals surface area contributed by atoms with E-state index >= 15 is 0 Å². The van der Waals surface area contributed by atoms with Crippen molar-refractivity contribution in [2.45, 2.75) is 60.3 Å². The predicted octanol–water partition coefficient (Wildman–Crippen LogP) is 4.81. The van der Waals surface area contributed by atoms with Gasteiger partial charge in [-0.15, -0.1) is 0 Å². The van der Waals surface area contributed by atoms with E-state index in [1.807, 2.05) is 0 Å². The van der Waals surface area contributed by atoms with Crippen LogP contribution in [0.25, 0.3) is 0 Å². The molecule has 0 aromatic rings. The molecule has 0 spiro atoms. The minimum Gasteiger partial charge on any atom is -0.0993 e. The first-order valence-corrected chi connectivity index (χ1v) is 6.09. The van der Waals surface area contributed by atoms with E-state index in [9.17, 15) is 0 Å². The normalized spacial score (nSPS) is 44.1. The molecule has 1 fully saturated rings. The first-order valence-electron chi connectivity index (χ1n) is 6.09. The van der Waals surface area contributed by atoms with Crippen LogP contribution in [0.5, 0.6) is 0 Å². The van der Waals surface area contributed by atoms with Crippen molar-refractivity contribution in [3.63, 3.8) is 0 Å². The van der Waals surface area contributed by atoms with E-state index in [1.54, 1.807) is 0 Å². The lowest BCUT2D eigenvalue weighted by molar-refractivity contribution is 0.0391. The molecule has 0 heteroatoms. The molecule has 0 N–H and O–H groups in total. The van der Waals surface area contributed by atoms with Crippen LogP contribution in [0.2, 0.25) is 0 Å². The van der Waals surface area contributed by atoms with Crippen molar-refractivity contribution in [1.29, 1.82) is 0 Å². The zero-order chi connectivity index (χ0) is 11.0. The molecule has 0 radical (unpaired) electrons. The third-order valence-corrected chi connectivity index (χ3v) is 5.35. The Kier molecular flexibility index (Phi) is 3.13. The molecule has 0 saturated heterocycles. The summed E-state index contributed by atoms with van der Waals surface area (Å²) >= 11 is 0. The van der Waals surface area contributed by atoms with Crippen LogP contribution < -0.4 is 0 Å². The van der Waals surface area contributed by atoms with Gasteiger partial charge in [-0.05, 0) is 36.0 Å². The lowest BCUT2D eigenvalue weighted by atomic mass is 9.53. The topological polar surface area (TPSA) is 0 Å². The van der Waals surface area contributed by atoms with Gasteiger partial charge >= 0.3 is 0 Å². The number of rotatable bonds is 2. The summed E-state index contributed by atoms with van der Waals surface area (Å²) < 4.78 is 0. The molecule has 3 atom stereocenters. The zero-order valence-corrected chi connectivity index (χ0v) is 10.6. The standard InChI is InChI=1S/C14H26/c1-7-13(5)10-9-11(3)14(6,8-2)12(13)4/h12H,3,7-10H2,1-2,4-6H3. The molecule has 0 nitrogen and oxygen atoms in total. The predicted molar refractivity (Wildman–Crippen MR) is 64.3 cm³/mol. The molecule has 0 amide bonds. The van der Waals surface area contributed by atoms with E-state index in [0.29, 0.717) is 10.8 Å². The van der Waals surface area contributed by atoms with Gasteiger partial charge < -0.3 is 0 Å². The van der Waals surface area contributed by atoms with Crippen molar-refractivity contribution < 1.29 is 0 Å². The molecule has 1 aliphatic rings. The van der Waals surface area contributed by atoms with Gasteiger partial charge in [0, 0.05) is 0 Å². The average Bonchev–Trinajstić information content (AvgIpc) is 2.21. The van der Waals surface area contributed by atoms with Crippen LogP contribution in [0.3, 0.4) is 0 Å². The second kappa shape index (κ2) is 3.72. The highest BCUT2D eigenvalue weighted by Crippen LogP contribution is 2.55. The average molecular weight is 194 g/mol. The highest BCUT2D eigenvalue weighted by molar-refractivity contribution is 5.16. The molecule has 0 aliphatic heterocycles. The van der Waals surface area contributed by atoms with Crippen LogP contribution in [0, 0.1) is 16.7 Å². The Balaban J connectivity index is 3.00. The van der Waals surface area contributed by atoms with E-state index in [4.69, 9.17) is 0 Å². The lowest BCUT2D eigenvalue weighted by Crippen LogP contribution is -2.42. The van der Waals surface area contributed by atoms with Crippen LogP contribution in [0.4, 0.5) is 0 Å². The van der Waals surface area contributed by atoms with Crippen molar-refractivity contribution in [3.8, 4) is 0 Å². The van der Waals surface area contributed by atoms with Gasteiger partial charge in [0.2, 0.25) is 0 Å². The van der Waals surface area contributed by atoms with Gasteiger partial charge in [0.15, 0.2) is 0 Å². The quantitative estimate of drug-likeness (QED) is 0.554. The van der Waals surface area contributed by atoms with Gasteiger partial charge in [0.25, 0.3) is 0 Å². The molecule has 0 bridgehead atoms. The third kappa shape index (κ3) is 1.53. The summed E-state index contributed by atoms with van der Waals surface area (Å²) in [5, 5.41) is 0. The van der Waals surface area contributed by atoms with Crippen molar-refractivity contribution >= 4 is 0 Å². The van der Waals surface area contributed by atoms with Crippen molar-refractivity contribution in [1.82, 2.24) is 0 Å². The second-order valence-corrected chi connectivity index (χ2v) is 5.60. The largest absolute Gasteiger partial charge is 0.0993 e. The Labute approximate surface area is 89.8 Å². The summed E-state index contributed by atoms with van der Waals surface area (Å²) in [4.78, 5) is 0. The van der Waals surface area contributed by atoms with Gasteiger partial charge in [0.1, 0.15) is 0 Å². The first kappa shape index (κ1) is 11.8. The van der Waals surface area contributed by atoms with Crippen LogP contribution in [0.15, 0.2) is 12.2 Å². The van der Waals surface area contributed by atoms with Crippen molar-refractivity contribution in [2.24, 2.45) is 16.7 Å². The highest BCUT2D eigenvalue weighted by atomic mass is 14.5. The van der Waals surface area contributed by atoms with E-state index < -0.39 is 0 Å². The van der Waals surface area contributed by atoms with E-state index in [0.717, 1.165) is 5.92 Å². The monoisotopic (exact) mass is 194 g/mol. The smallest absolute Gasteiger partial charge is 0.00909 e. The molecule has 14 heavy (non-hydrogen) atoms. The molecule has 1 saturated carbocycles. The van der Waals surface area contributed by atoms with Gasteiger partial charge in [-0.3, -0.25) is 0 Å². The molecule has 1 aliphatic carbocycles. The summed E-state index contributed by atoms with van der Waals surface area (Å²) in [6.07, 6.45) is 5.11. The first-order chi connectivity index (χ1) is 6.40. The molecule has 3 unspecified atom stereocenters. The molecule has 0 aromatic heterocycles. The Hall–Kier alpha value is -0.260. The Morgan fingerprint density at radius 3 is 2.29 bits per heavy atom. The molecule has 1 rings (SSSR count). The number of allylic oxidation sites excluding steroid dienone is 1. The van der Waals surface area contributed by atoms with E-state index in [1.165, 1.54) is 31.3 Å².